The van der Waals surface area contributed by atoms with Crippen molar-refractivity contribution in [2.24, 2.45) is 0 Å². The third kappa shape index (κ3) is 3.12. The van der Waals surface area contributed by atoms with Crippen molar-refractivity contribution in [1.29, 1.82) is 0 Å². The minimum absolute atomic E-state index is 0.0925. The van der Waals surface area contributed by atoms with Crippen molar-refractivity contribution in [3.05, 3.63) is 64.3 Å². The molecule has 24 heavy (non-hydrogen) atoms. The molecule has 0 aliphatic carbocycles. The third-order valence-corrected chi connectivity index (χ3v) is 4.01. The molecule has 2 heterocycles. The molecule has 1 saturated heterocycles. The molecule has 1 fully saturated rings. The molecule has 1 aliphatic heterocycles. The molecular formula is C16H17N4O4+. The van der Waals surface area contributed by atoms with Crippen LogP contribution in [0.15, 0.2) is 48.7 Å². The van der Waals surface area contributed by atoms with Crippen LogP contribution in [0.3, 0.4) is 0 Å². The maximum atomic E-state index is 12.5. The summed E-state index contributed by atoms with van der Waals surface area (Å²) in [5.41, 5.74) is 0.222. The quantitative estimate of drug-likeness (QED) is 0.394. The van der Waals surface area contributed by atoms with E-state index < -0.39 is 4.92 Å². The van der Waals surface area contributed by atoms with Gasteiger partial charge in [-0.15, -0.1) is 0 Å². The van der Waals surface area contributed by atoms with Gasteiger partial charge in [-0.05, 0) is 12.1 Å². The number of pyridine rings is 1. The van der Waals surface area contributed by atoms with E-state index in [4.69, 9.17) is 0 Å². The van der Waals surface area contributed by atoms with Gasteiger partial charge in [-0.25, -0.2) is 0 Å². The lowest BCUT2D eigenvalue weighted by molar-refractivity contribution is -0.894. The van der Waals surface area contributed by atoms with Crippen molar-refractivity contribution >= 4 is 17.4 Å². The van der Waals surface area contributed by atoms with Gasteiger partial charge in [0, 0.05) is 23.8 Å². The summed E-state index contributed by atoms with van der Waals surface area (Å²) >= 11 is 0. The van der Waals surface area contributed by atoms with Crippen molar-refractivity contribution in [2.75, 3.05) is 31.1 Å². The van der Waals surface area contributed by atoms with Crippen molar-refractivity contribution in [1.82, 2.24) is 4.90 Å². The zero-order chi connectivity index (χ0) is 17.1. The lowest BCUT2D eigenvalue weighted by Crippen LogP contribution is -2.52. The van der Waals surface area contributed by atoms with E-state index >= 15 is 0 Å². The second kappa shape index (κ2) is 6.53. The monoisotopic (exact) mass is 329 g/mol. The predicted molar refractivity (Wildman–Crippen MR) is 85.0 cm³/mol. The number of hydrogen-bond acceptors (Lipinski definition) is 5. The molecule has 1 aromatic heterocycles. The van der Waals surface area contributed by atoms with E-state index in [9.17, 15) is 20.1 Å². The summed E-state index contributed by atoms with van der Waals surface area (Å²) in [6.45, 7) is 2.11. The van der Waals surface area contributed by atoms with Crippen LogP contribution in [0.2, 0.25) is 0 Å². The van der Waals surface area contributed by atoms with E-state index in [1.807, 2.05) is 11.0 Å². The fraction of sp³-hybridized carbons (Fsp3) is 0.250. The number of nitro groups is 1. The summed E-state index contributed by atoms with van der Waals surface area (Å²) in [6, 6.07) is 11.1. The molecule has 3 rings (SSSR count). The molecule has 2 aromatic rings. The van der Waals surface area contributed by atoms with Crippen LogP contribution in [0.4, 0.5) is 11.5 Å². The Kier molecular flexibility index (Phi) is 4.28. The Morgan fingerprint density at radius 2 is 1.88 bits per heavy atom. The summed E-state index contributed by atoms with van der Waals surface area (Å²) in [4.78, 5) is 26.5. The third-order valence-electron chi connectivity index (χ3n) is 4.01. The fourth-order valence-corrected chi connectivity index (χ4v) is 2.75. The van der Waals surface area contributed by atoms with Crippen LogP contribution < -0.4 is 9.63 Å². The highest BCUT2D eigenvalue weighted by atomic mass is 16.6. The number of carbonyl (C=O) groups is 1. The SMILES string of the molecule is O=C(c1cccc([N+](=O)[O-])c1)N1CCN(c2cccc[n+]2O)CC1. The van der Waals surface area contributed by atoms with E-state index in [0.717, 1.165) is 4.73 Å². The topological polar surface area (TPSA) is 90.8 Å². The zero-order valence-corrected chi connectivity index (χ0v) is 12.9. The van der Waals surface area contributed by atoms with Crippen LogP contribution in [-0.2, 0) is 0 Å². The van der Waals surface area contributed by atoms with Gasteiger partial charge in [0.15, 0.2) is 0 Å². The first-order chi connectivity index (χ1) is 11.6. The molecule has 0 saturated carbocycles. The molecule has 124 valence electrons. The summed E-state index contributed by atoms with van der Waals surface area (Å²) in [6.07, 6.45) is 1.55. The van der Waals surface area contributed by atoms with E-state index in [2.05, 4.69) is 0 Å². The standard InChI is InChI=1S/C16H17N4O4/c21-16(13-4-3-5-14(12-13)20(23)24)18-10-8-17(9-11-18)15-6-1-2-7-19(15)22/h1-7,12,22H,8-11H2/q+1. The Labute approximate surface area is 138 Å². The second-order valence-electron chi connectivity index (χ2n) is 5.49. The lowest BCUT2D eigenvalue weighted by Gasteiger charge is -2.31. The smallest absolute Gasteiger partial charge is 0.316 e. The molecule has 0 radical (unpaired) electrons. The normalized spacial score (nSPS) is 14.5. The van der Waals surface area contributed by atoms with Crippen LogP contribution in [0, 0.1) is 10.1 Å². The fourth-order valence-electron chi connectivity index (χ4n) is 2.75. The molecule has 1 amide bonds. The first kappa shape index (κ1) is 15.7. The maximum absolute atomic E-state index is 12.5. The number of piperazine rings is 1. The number of amides is 1. The van der Waals surface area contributed by atoms with Gasteiger partial charge >= 0.3 is 5.82 Å². The zero-order valence-electron chi connectivity index (χ0n) is 12.9. The van der Waals surface area contributed by atoms with Gasteiger partial charge < -0.3 is 10.1 Å². The molecule has 8 heteroatoms. The number of nitro benzene ring substituents is 1. The minimum Gasteiger partial charge on any atom is -0.350 e. The summed E-state index contributed by atoms with van der Waals surface area (Å²) in [5, 5.41) is 20.7. The van der Waals surface area contributed by atoms with Gasteiger partial charge in [-0.3, -0.25) is 19.8 Å². The van der Waals surface area contributed by atoms with Gasteiger partial charge in [0.25, 0.3) is 11.6 Å². The second-order valence-corrected chi connectivity index (χ2v) is 5.49. The predicted octanol–water partition coefficient (Wildman–Crippen LogP) is 1.08. The number of carbonyl (C=O) groups excluding carboxylic acids is 1. The number of benzene rings is 1. The summed E-state index contributed by atoms with van der Waals surface area (Å²) in [5.74, 6) is 0.447. The average Bonchev–Trinajstić information content (AvgIpc) is 2.62. The van der Waals surface area contributed by atoms with E-state index in [1.165, 1.54) is 18.2 Å². The van der Waals surface area contributed by atoms with Gasteiger partial charge in [0.05, 0.1) is 18.0 Å². The molecule has 1 aliphatic rings. The number of non-ortho nitro benzene ring substituents is 1. The Morgan fingerprint density at radius 1 is 1.12 bits per heavy atom. The molecule has 1 aromatic carbocycles. The van der Waals surface area contributed by atoms with Gasteiger partial charge in [0.2, 0.25) is 0 Å². The first-order valence-electron chi connectivity index (χ1n) is 7.55. The van der Waals surface area contributed by atoms with Crippen LogP contribution in [0.1, 0.15) is 10.4 Å². The Bertz CT molecular complexity index is 772. The molecule has 0 spiro atoms. The minimum atomic E-state index is -0.510. The van der Waals surface area contributed by atoms with Gasteiger partial charge in [-0.2, -0.15) is 0 Å². The Hall–Kier alpha value is -3.16. The summed E-state index contributed by atoms with van der Waals surface area (Å²) < 4.78 is 1.05. The number of nitrogens with zero attached hydrogens (tertiary/aromatic N) is 4. The number of aromatic nitrogens is 1. The van der Waals surface area contributed by atoms with E-state index in [0.29, 0.717) is 37.6 Å². The van der Waals surface area contributed by atoms with Crippen LogP contribution in [0.25, 0.3) is 0 Å². The van der Waals surface area contributed by atoms with Crippen molar-refractivity contribution in [3.8, 4) is 0 Å². The van der Waals surface area contributed by atoms with E-state index in [-0.39, 0.29) is 11.6 Å². The summed E-state index contributed by atoms with van der Waals surface area (Å²) in [7, 11) is 0. The lowest BCUT2D eigenvalue weighted by atomic mass is 10.1. The van der Waals surface area contributed by atoms with Crippen LogP contribution in [-0.4, -0.2) is 47.1 Å². The molecule has 0 unspecified atom stereocenters. The van der Waals surface area contributed by atoms with Gasteiger partial charge in [-0.1, -0.05) is 16.9 Å². The number of rotatable bonds is 3. The first-order valence-corrected chi connectivity index (χ1v) is 7.55. The largest absolute Gasteiger partial charge is 0.350 e. The van der Waals surface area contributed by atoms with Crippen LogP contribution in [0.5, 0.6) is 0 Å². The molecule has 0 bridgehead atoms. The van der Waals surface area contributed by atoms with Crippen LogP contribution >= 0.6 is 0 Å². The van der Waals surface area contributed by atoms with Crippen molar-refractivity contribution in [3.63, 3.8) is 0 Å². The van der Waals surface area contributed by atoms with Crippen molar-refractivity contribution < 1.29 is 19.7 Å². The Morgan fingerprint density at radius 3 is 2.54 bits per heavy atom. The molecular weight excluding hydrogens is 312 g/mol. The molecule has 8 nitrogen and oxygen atoms in total. The molecule has 0 atom stereocenters. The maximum Gasteiger partial charge on any atom is 0.316 e. The molecule has 1 N–H and O–H groups in total. The number of anilines is 1. The van der Waals surface area contributed by atoms with E-state index in [1.54, 1.807) is 29.3 Å². The highest BCUT2D eigenvalue weighted by molar-refractivity contribution is 5.95. The highest BCUT2D eigenvalue weighted by Crippen LogP contribution is 2.17. The van der Waals surface area contributed by atoms with Gasteiger partial charge in [0.1, 0.15) is 19.3 Å². The number of hydrogen-bond donors (Lipinski definition) is 1. The highest BCUT2D eigenvalue weighted by Gasteiger charge is 2.28. The Balaban J connectivity index is 1.68. The average molecular weight is 329 g/mol. The van der Waals surface area contributed by atoms with Crippen molar-refractivity contribution in [2.45, 2.75) is 0 Å².